The van der Waals surface area contributed by atoms with Gasteiger partial charge in [-0.2, -0.15) is 0 Å². The van der Waals surface area contributed by atoms with Crippen LogP contribution in [0.4, 0.5) is 10.3 Å². The Balaban J connectivity index is 1.27. The van der Waals surface area contributed by atoms with Gasteiger partial charge in [-0.15, -0.1) is 5.10 Å². The van der Waals surface area contributed by atoms with Crippen molar-refractivity contribution < 1.29 is 72.3 Å². The van der Waals surface area contributed by atoms with Crippen LogP contribution in [-0.4, -0.2) is 188 Å². The first kappa shape index (κ1) is 62.0. The number of cyclic esters (lactones) is 1. The van der Waals surface area contributed by atoms with E-state index in [-0.39, 0.29) is 31.0 Å². The maximum atomic E-state index is 14.9. The summed E-state index contributed by atoms with van der Waals surface area (Å²) in [7, 11) is 6.36. The minimum absolute atomic E-state index is 0.0353. The summed E-state index contributed by atoms with van der Waals surface area (Å²) in [5, 5.41) is 55.7. The van der Waals surface area contributed by atoms with Gasteiger partial charge in [0.05, 0.1) is 53.3 Å². The Kier molecular flexibility index (Phi) is 20.9. The molecule has 22 heteroatoms. The molecule has 2 aromatic heterocycles. The van der Waals surface area contributed by atoms with E-state index in [1.165, 1.54) is 39.9 Å². The molecule has 0 saturated carbocycles. The van der Waals surface area contributed by atoms with E-state index in [1.807, 2.05) is 50.1 Å². The number of hydrogen-bond donors (Lipinski definition) is 5. The van der Waals surface area contributed by atoms with Gasteiger partial charge in [0.1, 0.15) is 48.5 Å². The second-order valence-corrected chi connectivity index (χ2v) is 22.4. The lowest BCUT2D eigenvalue weighted by Crippen LogP contribution is -2.61. The summed E-state index contributed by atoms with van der Waals surface area (Å²) >= 11 is 0. The largest absolute Gasteiger partial charge is 0.459 e. The summed E-state index contributed by atoms with van der Waals surface area (Å²) in [5.74, 6) is -4.73. The number of carbonyl (C=O) groups excluding carboxylic acids is 2. The van der Waals surface area contributed by atoms with E-state index in [1.54, 1.807) is 60.1 Å². The third-order valence-corrected chi connectivity index (χ3v) is 16.8. The fourth-order valence-electron chi connectivity index (χ4n) is 11.7. The first-order valence-corrected chi connectivity index (χ1v) is 26.9. The molecule has 0 radical (unpaired) electrons. The van der Waals surface area contributed by atoms with Gasteiger partial charge in [0, 0.05) is 88.7 Å². The SMILES string of the molecule is CC[C@H]1OC(=O)[C@H](C)[C@@H](O[C@H]2C[C@@](C)(OC)[C@@H](O)[C@H](C)O2)[C@H](C)[C@@H](O[C@@H]2O[C@H](C)C[C@H](N(C)CCc3cn([C@@H](CF)[C@@H](OC)c4ccc(-c5cnc(N)nc5)cc4)nn3)[C@H]2O)[C@](C)(OC)C[C@@H](C)C(=O)[C@H](C)[C@@H](O)[C@]1(C)O. The molecule has 3 aliphatic rings. The lowest BCUT2D eigenvalue weighted by Gasteiger charge is -2.50. The number of ketones is 1. The van der Waals surface area contributed by atoms with Crippen LogP contribution in [0.25, 0.3) is 11.1 Å². The molecular formula is C55H86FN7O14. The van der Waals surface area contributed by atoms with E-state index in [0.717, 1.165) is 16.7 Å². The highest BCUT2D eigenvalue weighted by molar-refractivity contribution is 5.83. The van der Waals surface area contributed by atoms with E-state index in [2.05, 4.69) is 20.3 Å². The Morgan fingerprint density at radius 1 is 0.896 bits per heavy atom. The predicted octanol–water partition coefficient (Wildman–Crippen LogP) is 4.58. The third kappa shape index (κ3) is 13.7. The number of benzene rings is 1. The van der Waals surface area contributed by atoms with Crippen molar-refractivity contribution in [2.24, 2.45) is 23.7 Å². The number of likely N-dealkylation sites (N-methyl/N-ethyl adjacent to an activating group) is 1. The number of nitrogens with zero attached hydrogens (tertiary/aromatic N) is 6. The number of nitrogen functional groups attached to an aromatic ring is 1. The molecule has 6 N–H and O–H groups in total. The van der Waals surface area contributed by atoms with E-state index in [9.17, 15) is 34.4 Å². The molecule has 0 spiro atoms. The Labute approximate surface area is 452 Å². The van der Waals surface area contributed by atoms with Crippen molar-refractivity contribution in [3.05, 3.63) is 54.1 Å². The third-order valence-electron chi connectivity index (χ3n) is 16.8. The molecule has 77 heavy (non-hydrogen) atoms. The lowest BCUT2D eigenvalue weighted by molar-refractivity contribution is -0.319. The number of halogens is 1. The van der Waals surface area contributed by atoms with Crippen molar-refractivity contribution in [1.29, 1.82) is 0 Å². The average molecular weight is 1090 g/mol. The number of aliphatic hydroxyl groups is 4. The monoisotopic (exact) mass is 1090 g/mol. The number of carbonyl (C=O) groups is 2. The minimum Gasteiger partial charge on any atom is -0.459 e. The van der Waals surface area contributed by atoms with Crippen molar-refractivity contribution >= 4 is 17.7 Å². The molecule has 3 aromatic rings. The van der Waals surface area contributed by atoms with E-state index < -0.39 is 133 Å². The van der Waals surface area contributed by atoms with Crippen molar-refractivity contribution in [3.63, 3.8) is 0 Å². The van der Waals surface area contributed by atoms with Crippen LogP contribution in [-0.2, 0) is 53.9 Å². The molecule has 20 atom stereocenters. The van der Waals surface area contributed by atoms with E-state index >= 15 is 0 Å². The fourth-order valence-corrected chi connectivity index (χ4v) is 11.7. The molecule has 0 unspecified atom stereocenters. The summed E-state index contributed by atoms with van der Waals surface area (Å²) in [6.07, 6.45) is -5.46. The Bertz CT molecular complexity index is 2370. The van der Waals surface area contributed by atoms with Gasteiger partial charge >= 0.3 is 5.97 Å². The Hall–Kier alpha value is -4.17. The van der Waals surface area contributed by atoms with Crippen LogP contribution in [0.15, 0.2) is 42.9 Å². The van der Waals surface area contributed by atoms with Crippen LogP contribution in [0, 0.1) is 23.7 Å². The van der Waals surface area contributed by atoms with Gasteiger partial charge < -0.3 is 69.0 Å². The number of aromatic nitrogens is 5. The summed E-state index contributed by atoms with van der Waals surface area (Å²) < 4.78 is 67.1. The van der Waals surface area contributed by atoms with Crippen molar-refractivity contribution in [1.82, 2.24) is 29.9 Å². The average Bonchev–Trinajstić information content (AvgIpc) is 3.89. The number of nitrogens with two attached hydrogens (primary N) is 1. The molecule has 3 saturated heterocycles. The van der Waals surface area contributed by atoms with Gasteiger partial charge in [-0.3, -0.25) is 9.59 Å². The van der Waals surface area contributed by atoms with Crippen LogP contribution in [0.3, 0.4) is 0 Å². The molecule has 432 valence electrons. The van der Waals surface area contributed by atoms with E-state index in [0.29, 0.717) is 25.1 Å². The number of ether oxygens (including phenoxy) is 8. The highest BCUT2D eigenvalue weighted by Crippen LogP contribution is 2.42. The van der Waals surface area contributed by atoms with Gasteiger partial charge in [-0.05, 0) is 79.0 Å². The molecule has 21 nitrogen and oxygen atoms in total. The molecule has 6 rings (SSSR count). The molecule has 3 fully saturated rings. The minimum atomic E-state index is -2.02. The standard InChI is InChI=1S/C55H86FN7O14/c1-15-41-55(10,69)47(66)31(4)43(64)29(2)23-54(9,72-14)49(32(5)45(33(6)50(68)75-41)76-42-24-53(8,71-13)48(67)34(7)74-42)77-51-44(65)39(22-30(3)73-51)62(11)21-20-38-28-63(61-60-38)40(25-56)46(70-12)36-18-16-35(17-19-36)37-26-58-52(57)59-27-37/h16-19,26-34,39-42,44-49,51,65-67,69H,15,20-25H2,1-14H3,(H2,57,58,59)/t29-,30-,31+,32+,33-,34+,39+,40+,41-,42+,44-,45+,46+,47-,48+,49-,51+,53-,54-,55-/m1/s1. The zero-order valence-corrected chi connectivity index (χ0v) is 47.3. The summed E-state index contributed by atoms with van der Waals surface area (Å²) in [4.78, 5) is 38.9. The Morgan fingerprint density at radius 2 is 1.55 bits per heavy atom. The van der Waals surface area contributed by atoms with Crippen LogP contribution in [0.1, 0.15) is 118 Å². The quantitative estimate of drug-likeness (QED) is 0.116. The molecular weight excluding hydrogens is 1000 g/mol. The molecule has 0 bridgehead atoms. The van der Waals surface area contributed by atoms with Gasteiger partial charge in [-0.1, -0.05) is 57.2 Å². The highest BCUT2D eigenvalue weighted by atomic mass is 19.1. The second kappa shape index (κ2) is 26.0. The maximum Gasteiger partial charge on any atom is 0.311 e. The number of rotatable bonds is 17. The number of alkyl halides is 1. The van der Waals surface area contributed by atoms with Gasteiger partial charge in [-0.25, -0.2) is 19.0 Å². The first-order chi connectivity index (χ1) is 36.3. The zero-order valence-electron chi connectivity index (χ0n) is 47.3. The normalized spacial score (nSPS) is 37.7. The number of anilines is 1. The summed E-state index contributed by atoms with van der Waals surface area (Å²) in [5.41, 5.74) is 4.12. The van der Waals surface area contributed by atoms with Gasteiger partial charge in [0.2, 0.25) is 5.95 Å². The summed E-state index contributed by atoms with van der Waals surface area (Å²) in [6, 6.07) is 6.12. The number of aliphatic hydroxyl groups excluding tert-OH is 3. The van der Waals surface area contributed by atoms with Crippen molar-refractivity contribution in [2.45, 2.75) is 198 Å². The molecule has 0 aliphatic carbocycles. The number of Topliss-reactive ketones (excluding diaryl/α,β-unsaturated/α-hetero) is 1. The first-order valence-electron chi connectivity index (χ1n) is 26.9. The molecule has 0 amide bonds. The number of methoxy groups -OCH3 is 3. The summed E-state index contributed by atoms with van der Waals surface area (Å²) in [6.45, 7) is 16.5. The van der Waals surface area contributed by atoms with Crippen molar-refractivity contribution in [3.8, 4) is 11.1 Å². The Morgan fingerprint density at radius 3 is 2.14 bits per heavy atom. The highest BCUT2D eigenvalue weighted by Gasteiger charge is 2.54. The number of hydrogen-bond acceptors (Lipinski definition) is 20. The van der Waals surface area contributed by atoms with Gasteiger partial charge in [0.15, 0.2) is 12.6 Å². The molecule has 5 heterocycles. The van der Waals surface area contributed by atoms with Crippen LogP contribution in [0.2, 0.25) is 0 Å². The van der Waals surface area contributed by atoms with Gasteiger partial charge in [0.25, 0.3) is 0 Å². The lowest BCUT2D eigenvalue weighted by atomic mass is 9.74. The number of esters is 1. The fraction of sp³-hybridized carbons (Fsp3) is 0.745. The van der Waals surface area contributed by atoms with Crippen molar-refractivity contribution in [2.75, 3.05) is 47.3 Å². The van der Waals surface area contributed by atoms with Crippen LogP contribution >= 0.6 is 0 Å². The van der Waals surface area contributed by atoms with Crippen LogP contribution in [0.5, 0.6) is 0 Å². The van der Waals surface area contributed by atoms with E-state index in [4.69, 9.17) is 43.6 Å². The maximum absolute atomic E-state index is 14.9. The zero-order chi connectivity index (χ0) is 56.9. The molecule has 3 aliphatic heterocycles. The topological polar surface area (TPSA) is 275 Å². The smallest absolute Gasteiger partial charge is 0.311 e. The van der Waals surface area contributed by atoms with Crippen LogP contribution < -0.4 is 5.73 Å². The second-order valence-electron chi connectivity index (χ2n) is 22.4. The predicted molar refractivity (Wildman–Crippen MR) is 280 cm³/mol. The molecule has 1 aromatic carbocycles.